The van der Waals surface area contributed by atoms with Crippen LogP contribution in [0.2, 0.25) is 0 Å². The molecule has 8 heteroatoms. The number of rotatable bonds is 6. The summed E-state index contributed by atoms with van der Waals surface area (Å²) in [6, 6.07) is 15.3. The summed E-state index contributed by atoms with van der Waals surface area (Å²) >= 11 is -1.54. The molecule has 5 N–H and O–H groups in total. The Kier molecular flexibility index (Phi) is 5.53. The molecule has 4 rings (SSSR count). The molecule has 2 aromatic carbocycles. The summed E-state index contributed by atoms with van der Waals surface area (Å²) in [4.78, 5) is 4.54. The molecule has 0 aliphatic carbocycles. The highest BCUT2D eigenvalue weighted by Crippen LogP contribution is 2.31. The second kappa shape index (κ2) is 8.10. The normalized spacial score (nSPS) is 16.2. The summed E-state index contributed by atoms with van der Waals surface area (Å²) in [5, 5.41) is 13.2. The number of nitrogens with two attached hydrogens (primary N) is 1. The lowest BCUT2D eigenvalue weighted by Crippen LogP contribution is -2.64. The van der Waals surface area contributed by atoms with Crippen LogP contribution in [0.15, 0.2) is 65.7 Å². The van der Waals surface area contributed by atoms with E-state index in [1.807, 2.05) is 6.07 Å². The van der Waals surface area contributed by atoms with E-state index in [2.05, 4.69) is 15.0 Å². The number of hydrogen-bond acceptors (Lipinski definition) is 6. The fraction of sp³-hybridized carbons (Fsp3) is 0.190. The average Bonchev–Trinajstić information content (AvgIpc) is 2.71. The van der Waals surface area contributed by atoms with Crippen LogP contribution in [0, 0.1) is 5.82 Å². The predicted octanol–water partition coefficient (Wildman–Crippen LogP) is 2.08. The second-order valence-electron chi connectivity index (χ2n) is 7.08. The number of aliphatic hydroxyl groups is 1. The Balaban J connectivity index is 1.60. The number of halogens is 1. The fourth-order valence-corrected chi connectivity index (χ4v) is 4.31. The third kappa shape index (κ3) is 4.26. The highest BCUT2D eigenvalue weighted by molar-refractivity contribution is 7.89. The van der Waals surface area contributed by atoms with E-state index < -0.39 is 22.8 Å². The molecule has 1 atom stereocenters. The van der Waals surface area contributed by atoms with E-state index in [9.17, 15) is 14.0 Å². The van der Waals surface area contributed by atoms with E-state index in [0.717, 1.165) is 0 Å². The average molecular weight is 412 g/mol. The first-order chi connectivity index (χ1) is 14.0. The molecule has 0 radical (unpaired) electrons. The van der Waals surface area contributed by atoms with Gasteiger partial charge in [-0.3, -0.25) is 0 Å². The van der Waals surface area contributed by atoms with E-state index in [-0.39, 0.29) is 6.54 Å². The molecule has 0 saturated carbocycles. The number of benzene rings is 2. The molecule has 1 saturated heterocycles. The molecule has 6 nitrogen and oxygen atoms in total. The Bertz CT molecular complexity index is 1010. The van der Waals surface area contributed by atoms with Crippen molar-refractivity contribution in [2.75, 3.05) is 25.4 Å². The van der Waals surface area contributed by atoms with Crippen LogP contribution >= 0.6 is 0 Å². The third-order valence-electron chi connectivity index (χ3n) is 4.90. The lowest BCUT2D eigenvalue weighted by atomic mass is 9.98. The number of hydrogen-bond donors (Lipinski definition) is 4. The number of nitrogens with zero attached hydrogens (tertiary/aromatic N) is 1. The number of β-amino-alcohol motifs (C(OH)–C–C–N with tert-alkyl or cyclic N) is 1. The zero-order valence-electron chi connectivity index (χ0n) is 15.6. The van der Waals surface area contributed by atoms with E-state index in [1.54, 1.807) is 42.5 Å². The van der Waals surface area contributed by atoms with Gasteiger partial charge < -0.3 is 20.7 Å². The Morgan fingerprint density at radius 3 is 2.55 bits per heavy atom. The number of aromatic nitrogens is 1. The number of pyridine rings is 1. The first-order valence-electron chi connectivity index (χ1n) is 9.14. The zero-order chi connectivity index (χ0) is 20.4. The van der Waals surface area contributed by atoms with Crippen LogP contribution in [0.4, 0.5) is 10.2 Å². The molecule has 1 aliphatic heterocycles. The van der Waals surface area contributed by atoms with Crippen molar-refractivity contribution >= 4 is 17.2 Å². The predicted molar refractivity (Wildman–Crippen MR) is 112 cm³/mol. The van der Waals surface area contributed by atoms with Crippen molar-refractivity contribution in [3.63, 3.8) is 0 Å². The third-order valence-corrected chi connectivity index (χ3v) is 6.07. The summed E-state index contributed by atoms with van der Waals surface area (Å²) < 4.78 is 30.5. The maximum absolute atomic E-state index is 14.8. The van der Waals surface area contributed by atoms with Gasteiger partial charge in [0.2, 0.25) is 0 Å². The van der Waals surface area contributed by atoms with Crippen LogP contribution in [-0.2, 0) is 11.4 Å². The largest absolute Gasteiger partial charge is 0.593 e. The van der Waals surface area contributed by atoms with Crippen molar-refractivity contribution in [3.05, 3.63) is 66.6 Å². The van der Waals surface area contributed by atoms with Crippen LogP contribution < -0.4 is 15.8 Å². The van der Waals surface area contributed by atoms with E-state index in [1.165, 1.54) is 12.3 Å². The van der Waals surface area contributed by atoms with Crippen molar-refractivity contribution in [3.8, 4) is 22.3 Å². The van der Waals surface area contributed by atoms with Gasteiger partial charge in [-0.1, -0.05) is 24.3 Å². The van der Waals surface area contributed by atoms with Crippen LogP contribution in [0.25, 0.3) is 22.3 Å². The zero-order valence-corrected chi connectivity index (χ0v) is 16.4. The molecule has 0 bridgehead atoms. The molecule has 2 heterocycles. The van der Waals surface area contributed by atoms with Crippen molar-refractivity contribution in [2.24, 2.45) is 0 Å². The first-order valence-corrected chi connectivity index (χ1v) is 10.3. The molecule has 0 amide bonds. The van der Waals surface area contributed by atoms with Gasteiger partial charge in [-0.05, 0) is 35.9 Å². The van der Waals surface area contributed by atoms with Crippen molar-refractivity contribution < 1.29 is 14.0 Å². The van der Waals surface area contributed by atoms with Crippen molar-refractivity contribution in [1.82, 2.24) is 15.0 Å². The minimum atomic E-state index is -1.54. The quantitative estimate of drug-likeness (QED) is 0.462. The highest BCUT2D eigenvalue weighted by atomic mass is 32.2. The summed E-state index contributed by atoms with van der Waals surface area (Å²) in [5.41, 5.74) is 7.03. The van der Waals surface area contributed by atoms with Gasteiger partial charge in [0.25, 0.3) is 0 Å². The molecule has 0 spiro atoms. The summed E-state index contributed by atoms with van der Waals surface area (Å²) in [5.74, 6) is -0.0329. The van der Waals surface area contributed by atoms with Crippen LogP contribution in [-0.4, -0.2) is 39.9 Å². The minimum absolute atomic E-state index is 0.207. The number of nitrogens with one attached hydrogen (secondary N) is 2. The maximum atomic E-state index is 14.8. The summed E-state index contributed by atoms with van der Waals surface area (Å²) in [6.45, 7) is 1.13. The van der Waals surface area contributed by atoms with Gasteiger partial charge >= 0.3 is 0 Å². The van der Waals surface area contributed by atoms with Crippen LogP contribution in [0.1, 0.15) is 0 Å². The molecule has 29 heavy (non-hydrogen) atoms. The summed E-state index contributed by atoms with van der Waals surface area (Å²) in [6.07, 6.45) is 1.53. The van der Waals surface area contributed by atoms with E-state index in [0.29, 0.717) is 46.1 Å². The lowest BCUT2D eigenvalue weighted by molar-refractivity contribution is -0.00395. The smallest absolute Gasteiger partial charge is 0.181 e. The molecule has 1 aliphatic rings. The van der Waals surface area contributed by atoms with Crippen LogP contribution in [0.3, 0.4) is 0 Å². The topological polar surface area (TPSA) is 106 Å². The fourth-order valence-electron chi connectivity index (χ4n) is 3.16. The lowest BCUT2D eigenvalue weighted by Gasteiger charge is -2.37. The molecule has 1 fully saturated rings. The maximum Gasteiger partial charge on any atom is 0.181 e. The molecule has 1 unspecified atom stereocenters. The van der Waals surface area contributed by atoms with Crippen molar-refractivity contribution in [2.45, 2.75) is 10.5 Å². The van der Waals surface area contributed by atoms with Gasteiger partial charge in [0.1, 0.15) is 17.2 Å². The van der Waals surface area contributed by atoms with Gasteiger partial charge in [0.05, 0.1) is 17.9 Å². The highest BCUT2D eigenvalue weighted by Gasteiger charge is 2.36. The SMILES string of the molecule is Nc1ccc(-c2ccc(-c3ccccc3[S+]([O-])NCC3(O)CNC3)cc2F)cn1. The van der Waals surface area contributed by atoms with Gasteiger partial charge in [0, 0.05) is 36.0 Å². The summed E-state index contributed by atoms with van der Waals surface area (Å²) in [7, 11) is 0. The Morgan fingerprint density at radius 2 is 1.90 bits per heavy atom. The Morgan fingerprint density at radius 1 is 1.14 bits per heavy atom. The van der Waals surface area contributed by atoms with E-state index >= 15 is 0 Å². The minimum Gasteiger partial charge on any atom is -0.593 e. The van der Waals surface area contributed by atoms with Crippen molar-refractivity contribution in [1.29, 1.82) is 0 Å². The van der Waals surface area contributed by atoms with Gasteiger partial charge in [0.15, 0.2) is 4.90 Å². The van der Waals surface area contributed by atoms with Crippen LogP contribution in [0.5, 0.6) is 0 Å². The second-order valence-corrected chi connectivity index (χ2v) is 8.35. The Labute approximate surface area is 171 Å². The van der Waals surface area contributed by atoms with Gasteiger partial charge in [-0.2, -0.15) is 0 Å². The van der Waals surface area contributed by atoms with Gasteiger partial charge in [-0.15, -0.1) is 4.72 Å². The van der Waals surface area contributed by atoms with Gasteiger partial charge in [-0.25, -0.2) is 9.37 Å². The standard InChI is InChI=1S/C21H21FN4O2S/c22-18-9-14(5-7-16(18)15-6-8-20(23)25-10-15)17-3-1-2-4-19(17)29(28)26-13-21(27)11-24-12-21/h1-10,24,26-27H,11-13H2,(H2,23,25). The number of anilines is 1. The monoisotopic (exact) mass is 412 g/mol. The molecular weight excluding hydrogens is 391 g/mol. The first kappa shape index (κ1) is 19.8. The molecular formula is C21H21FN4O2S. The molecule has 150 valence electrons. The van der Waals surface area contributed by atoms with E-state index in [4.69, 9.17) is 5.73 Å². The molecule has 3 aromatic rings. The number of nitrogen functional groups attached to an aromatic ring is 1. The molecule has 1 aromatic heterocycles. The Hall–Kier alpha value is -2.49.